The number of carbonyl (C=O) groups excluding carboxylic acids is 5. The van der Waals surface area contributed by atoms with E-state index in [0.717, 1.165) is 5.69 Å². The molecule has 4 fully saturated rings. The number of likely N-dealkylation sites (N-methyl/N-ethyl adjacent to an activating group) is 1. The van der Waals surface area contributed by atoms with Crippen LogP contribution in [0.4, 0.5) is 23.7 Å². The molecule has 74 heavy (non-hydrogen) atoms. The number of nitrogens with zero attached hydrogens (tertiary/aromatic N) is 7. The first-order valence-electron chi connectivity index (χ1n) is 25.8. The number of cyclic esters (lactones) is 1. The number of benzene rings is 1. The van der Waals surface area contributed by atoms with Crippen LogP contribution in [0.15, 0.2) is 49.2 Å². The average molecular weight is 1040 g/mol. The van der Waals surface area contributed by atoms with E-state index in [1.807, 2.05) is 40.7 Å². The number of fused-ring (bicyclic) bond motifs is 6. The minimum absolute atomic E-state index is 0.0180. The fraction of sp³-hybridized carbons (Fsp3) is 0.623. The molecule has 7 heterocycles. The van der Waals surface area contributed by atoms with Gasteiger partial charge in [-0.3, -0.25) is 29.2 Å². The number of aromatic nitrogens is 2. The van der Waals surface area contributed by atoms with Crippen molar-refractivity contribution in [3.05, 3.63) is 60.4 Å². The summed E-state index contributed by atoms with van der Waals surface area (Å²) < 4.78 is 69.9. The van der Waals surface area contributed by atoms with Gasteiger partial charge in [0.25, 0.3) is 5.91 Å². The molecule has 0 radical (unpaired) electrons. The molecule has 5 aliphatic rings. The molecule has 0 saturated carbocycles. The van der Waals surface area contributed by atoms with E-state index < -0.39 is 78.1 Å². The lowest BCUT2D eigenvalue weighted by atomic mass is 9.84. The molecule has 4 saturated heterocycles. The zero-order chi connectivity index (χ0) is 53.4. The Bertz CT molecular complexity index is 2600. The van der Waals surface area contributed by atoms with Crippen LogP contribution < -0.4 is 15.6 Å². The third kappa shape index (κ3) is 11.5. The second-order valence-electron chi connectivity index (χ2n) is 21.7. The number of nitrogens with one attached hydrogen (secondary N) is 2. The number of ether oxygens (including phenoxy) is 4. The molecule has 1 aromatic carbocycles. The molecular weight excluding hydrogens is 964 g/mol. The van der Waals surface area contributed by atoms with E-state index in [1.54, 1.807) is 54.2 Å². The Morgan fingerprint density at radius 2 is 1.84 bits per heavy atom. The number of hydrazine groups is 1. The van der Waals surface area contributed by atoms with E-state index in [1.165, 1.54) is 27.7 Å². The highest BCUT2D eigenvalue weighted by Crippen LogP contribution is 2.43. The molecule has 21 heteroatoms. The number of anilines is 1. The lowest BCUT2D eigenvalue weighted by Gasteiger charge is -2.42. The Kier molecular flexibility index (Phi) is 16.1. The van der Waals surface area contributed by atoms with Gasteiger partial charge in [0.2, 0.25) is 11.8 Å². The molecule has 18 nitrogen and oxygen atoms in total. The zero-order valence-electron chi connectivity index (χ0n) is 43.8. The summed E-state index contributed by atoms with van der Waals surface area (Å²) in [6, 6.07) is 5.40. The van der Waals surface area contributed by atoms with Gasteiger partial charge in [-0.2, -0.15) is 13.2 Å². The zero-order valence-corrected chi connectivity index (χ0v) is 43.8. The van der Waals surface area contributed by atoms with Crippen LogP contribution in [0.3, 0.4) is 0 Å². The average Bonchev–Trinajstić information content (AvgIpc) is 3.85. The molecule has 5 amide bonds. The SMILES string of the molecule is C=CC(=O)N1CC2(CCN(C(=O)N(C)[C@H](C(=O)N[C@H]3C[C@H]4CN(CCO4)c4ccc5c(c4)c(c(-c4cccnc4[C@H](C)OC)n5CC(F)(F)F)CC(C)(C)COC(=O)[C@@H]4CCCN(N4)C3=O)C(C)C)CC2)O[C@@H]1C. The predicted molar refractivity (Wildman–Crippen MR) is 269 cm³/mol. The van der Waals surface area contributed by atoms with Gasteiger partial charge in [0.1, 0.15) is 30.9 Å². The van der Waals surface area contributed by atoms with Crippen LogP contribution in [0.5, 0.6) is 0 Å². The minimum Gasteiger partial charge on any atom is -0.464 e. The van der Waals surface area contributed by atoms with Crippen molar-refractivity contribution in [2.45, 2.75) is 135 Å². The summed E-state index contributed by atoms with van der Waals surface area (Å²) in [7, 11) is 3.10. The number of rotatable bonds is 9. The number of halogens is 3. The molecule has 8 rings (SSSR count). The largest absolute Gasteiger partial charge is 0.464 e. The number of hydrogen-bond donors (Lipinski definition) is 2. The topological polar surface area (TPSA) is 180 Å². The second-order valence-corrected chi connectivity index (χ2v) is 21.7. The fourth-order valence-electron chi connectivity index (χ4n) is 11.5. The van der Waals surface area contributed by atoms with Crippen LogP contribution in [0.25, 0.3) is 22.2 Å². The number of alkyl halides is 3. The molecule has 0 unspecified atom stereocenters. The Labute approximate surface area is 430 Å². The quantitative estimate of drug-likeness (QED) is 0.190. The number of carbonyl (C=O) groups is 5. The fourth-order valence-corrected chi connectivity index (χ4v) is 11.5. The van der Waals surface area contributed by atoms with Gasteiger partial charge in [0.15, 0.2) is 0 Å². The summed E-state index contributed by atoms with van der Waals surface area (Å²) >= 11 is 0. The summed E-state index contributed by atoms with van der Waals surface area (Å²) in [5.74, 6) is -2.25. The van der Waals surface area contributed by atoms with Gasteiger partial charge in [-0.05, 0) is 93.8 Å². The van der Waals surface area contributed by atoms with Crippen molar-refractivity contribution in [1.82, 2.24) is 40.0 Å². The van der Waals surface area contributed by atoms with Gasteiger partial charge in [-0.1, -0.05) is 34.3 Å². The molecule has 6 atom stereocenters. The molecule has 2 aromatic heterocycles. The van der Waals surface area contributed by atoms with Crippen molar-refractivity contribution in [3.63, 3.8) is 0 Å². The molecule has 1 spiro atoms. The number of hydrogen-bond acceptors (Lipinski definition) is 12. The van der Waals surface area contributed by atoms with Gasteiger partial charge in [-0.25, -0.2) is 10.2 Å². The molecule has 404 valence electrons. The van der Waals surface area contributed by atoms with Gasteiger partial charge in [0, 0.05) is 87.1 Å². The van der Waals surface area contributed by atoms with Crippen LogP contribution in [0.2, 0.25) is 0 Å². The lowest BCUT2D eigenvalue weighted by Crippen LogP contribution is -2.63. The minimum atomic E-state index is -4.59. The van der Waals surface area contributed by atoms with Crippen LogP contribution >= 0.6 is 0 Å². The van der Waals surface area contributed by atoms with E-state index in [0.29, 0.717) is 85.3 Å². The Hall–Kier alpha value is -5.77. The first-order chi connectivity index (χ1) is 35.0. The highest BCUT2D eigenvalue weighted by molar-refractivity contribution is 5.95. The first kappa shape index (κ1) is 54.5. The highest BCUT2D eigenvalue weighted by Gasteiger charge is 2.48. The molecular formula is C53H72F3N9O9. The molecule has 2 N–H and O–H groups in total. The number of morpholine rings is 1. The Balaban J connectivity index is 1.11. The highest BCUT2D eigenvalue weighted by atomic mass is 19.4. The molecule has 6 bridgehead atoms. The normalized spacial score (nSPS) is 24.4. The third-order valence-corrected chi connectivity index (χ3v) is 15.3. The number of urea groups is 1. The predicted octanol–water partition coefficient (Wildman–Crippen LogP) is 5.98. The molecule has 3 aromatic rings. The van der Waals surface area contributed by atoms with E-state index >= 15 is 0 Å². The lowest BCUT2D eigenvalue weighted by molar-refractivity contribution is -0.156. The van der Waals surface area contributed by atoms with E-state index in [-0.39, 0.29) is 57.0 Å². The van der Waals surface area contributed by atoms with Crippen molar-refractivity contribution in [2.75, 3.05) is 71.5 Å². The van der Waals surface area contributed by atoms with Crippen molar-refractivity contribution in [3.8, 4) is 11.3 Å². The monoisotopic (exact) mass is 1040 g/mol. The van der Waals surface area contributed by atoms with Crippen LogP contribution in [0.1, 0.15) is 91.0 Å². The number of methoxy groups -OCH3 is 1. The Morgan fingerprint density at radius 1 is 1.09 bits per heavy atom. The van der Waals surface area contributed by atoms with Gasteiger partial charge < -0.3 is 48.4 Å². The van der Waals surface area contributed by atoms with Gasteiger partial charge in [0.05, 0.1) is 49.0 Å². The smallest absolute Gasteiger partial charge is 0.406 e. The van der Waals surface area contributed by atoms with Crippen LogP contribution in [0, 0.1) is 11.3 Å². The second kappa shape index (κ2) is 21.8. The van der Waals surface area contributed by atoms with Crippen LogP contribution in [-0.4, -0.2) is 168 Å². The summed E-state index contributed by atoms with van der Waals surface area (Å²) in [4.78, 5) is 81.6. The summed E-state index contributed by atoms with van der Waals surface area (Å²) in [5, 5.41) is 4.96. The summed E-state index contributed by atoms with van der Waals surface area (Å²) in [6.45, 7) is 15.6. The van der Waals surface area contributed by atoms with Crippen LogP contribution in [-0.2, 0) is 51.1 Å². The Morgan fingerprint density at radius 3 is 2.53 bits per heavy atom. The van der Waals surface area contributed by atoms with Gasteiger partial charge >= 0.3 is 18.2 Å². The maximum atomic E-state index is 14.8. The maximum Gasteiger partial charge on any atom is 0.406 e. The van der Waals surface area contributed by atoms with E-state index in [2.05, 4.69) is 27.2 Å². The number of amides is 5. The third-order valence-electron chi connectivity index (χ3n) is 15.3. The van der Waals surface area contributed by atoms with Crippen molar-refractivity contribution in [1.29, 1.82) is 0 Å². The van der Waals surface area contributed by atoms with E-state index in [4.69, 9.17) is 18.9 Å². The van der Waals surface area contributed by atoms with Crippen molar-refractivity contribution < 1.29 is 56.1 Å². The summed E-state index contributed by atoms with van der Waals surface area (Å²) in [5.41, 5.74) is 4.69. The number of likely N-dealkylation sites (tertiary alicyclic amines) is 1. The molecule has 5 aliphatic heterocycles. The molecule has 0 aliphatic carbocycles. The van der Waals surface area contributed by atoms with Crippen molar-refractivity contribution in [2.24, 2.45) is 11.3 Å². The number of esters is 1. The summed E-state index contributed by atoms with van der Waals surface area (Å²) in [6.07, 6.45) is -1.33. The van der Waals surface area contributed by atoms with Crippen molar-refractivity contribution >= 4 is 46.3 Å². The van der Waals surface area contributed by atoms with Gasteiger partial charge in [-0.15, -0.1) is 0 Å². The number of piperidine rings is 1. The standard InChI is InChI=1S/C53H72F3N9O9/c1-10-43(66)63-29-52(74-34(63)5)17-21-61(22-18-52)50(70)60(8)45(32(2)3)47(67)58-41-26-36-28-62(23-24-72-36)35-15-16-42-38(25-35)39(27-51(6,7)31-73-49(69)40-14-12-20-65(59-40)48(41)68)46(64(42)30-53(54,55)56)37-13-11-19-57-44(37)33(4)71-9/h10-11,13,15-16,19,25,32-34,36,40-41,45,59H,1,12,14,17-18,20-24,26-31H2,2-9H3,(H,58,67)/t33-,34+,36-,40-,41-,45-/m0/s1. The number of pyridine rings is 1. The first-order valence-corrected chi connectivity index (χ1v) is 25.8. The maximum absolute atomic E-state index is 14.8. The van der Waals surface area contributed by atoms with E-state index in [9.17, 15) is 37.1 Å².